The number of anilines is 1. The highest BCUT2D eigenvalue weighted by Gasteiger charge is 2.30. The third-order valence-electron chi connectivity index (χ3n) is 3.42. The van der Waals surface area contributed by atoms with Crippen LogP contribution < -0.4 is 10.1 Å². The lowest BCUT2D eigenvalue weighted by molar-refractivity contribution is -0.137. The van der Waals surface area contributed by atoms with Gasteiger partial charge in [-0.2, -0.15) is 13.2 Å². The summed E-state index contributed by atoms with van der Waals surface area (Å²) in [7, 11) is 0. The Morgan fingerprint density at radius 2 is 1.78 bits per heavy atom. The number of carbonyl (C=O) groups excluding carboxylic acids is 1. The normalized spacial score (nSPS) is 11.1. The quantitative estimate of drug-likeness (QED) is 0.712. The van der Waals surface area contributed by atoms with Crippen molar-refractivity contribution >= 4 is 11.7 Å². The van der Waals surface area contributed by atoms with Gasteiger partial charge in [0, 0.05) is 24.0 Å². The monoisotopic (exact) mass is 375 g/mol. The Balaban J connectivity index is 1.66. The van der Waals surface area contributed by atoms with E-state index in [-0.39, 0.29) is 23.0 Å². The van der Waals surface area contributed by atoms with Gasteiger partial charge in [-0.3, -0.25) is 4.79 Å². The van der Waals surface area contributed by atoms with E-state index in [0.717, 1.165) is 12.1 Å². The van der Waals surface area contributed by atoms with Crippen LogP contribution in [-0.2, 0) is 6.18 Å². The lowest BCUT2D eigenvalue weighted by atomic mass is 10.2. The summed E-state index contributed by atoms with van der Waals surface area (Å²) in [6, 6.07) is 10.7. The number of pyridine rings is 2. The van der Waals surface area contributed by atoms with E-state index in [9.17, 15) is 23.1 Å². The molecule has 0 aliphatic rings. The van der Waals surface area contributed by atoms with Gasteiger partial charge in [-0.25, -0.2) is 9.97 Å². The average Bonchev–Trinajstić information content (AvgIpc) is 2.64. The van der Waals surface area contributed by atoms with Crippen molar-refractivity contribution in [1.29, 1.82) is 0 Å². The first-order chi connectivity index (χ1) is 12.8. The highest BCUT2D eigenvalue weighted by molar-refractivity contribution is 6.04. The van der Waals surface area contributed by atoms with Crippen molar-refractivity contribution in [3.63, 3.8) is 0 Å². The number of hydrogen-bond acceptors (Lipinski definition) is 5. The molecule has 3 aromatic rings. The molecule has 2 N–H and O–H groups in total. The molecule has 1 aromatic carbocycles. The van der Waals surface area contributed by atoms with Crippen LogP contribution in [0.15, 0.2) is 60.9 Å². The zero-order valence-corrected chi connectivity index (χ0v) is 13.6. The second-order valence-electron chi connectivity index (χ2n) is 5.33. The molecule has 3 rings (SSSR count). The second kappa shape index (κ2) is 7.32. The minimum atomic E-state index is -4.47. The van der Waals surface area contributed by atoms with E-state index < -0.39 is 17.6 Å². The second-order valence-corrected chi connectivity index (χ2v) is 5.33. The summed E-state index contributed by atoms with van der Waals surface area (Å²) in [5.41, 5.74) is -0.604. The molecule has 0 aliphatic carbocycles. The number of carbonyl (C=O) groups is 1. The van der Waals surface area contributed by atoms with Crippen LogP contribution in [0.2, 0.25) is 0 Å². The molecule has 27 heavy (non-hydrogen) atoms. The zero-order chi connectivity index (χ0) is 19.4. The molecule has 0 radical (unpaired) electrons. The minimum Gasteiger partial charge on any atom is -0.504 e. The Bertz CT molecular complexity index is 943. The standard InChI is InChI=1S/C18H12F3N3O3/c19-18(20,21)12-5-8-15(23-10-12)27-13-6-3-11(4-7-13)17(26)24-16-14(25)2-1-9-22-16/h1-10,25H,(H,22,24,26). The molecule has 0 fully saturated rings. The molecule has 9 heteroatoms. The lowest BCUT2D eigenvalue weighted by Gasteiger charge is -2.09. The number of nitrogens with zero attached hydrogens (tertiary/aromatic N) is 2. The first-order valence-electron chi connectivity index (χ1n) is 7.59. The Hall–Kier alpha value is -3.62. The molecule has 1 amide bonds. The smallest absolute Gasteiger partial charge is 0.417 e. The van der Waals surface area contributed by atoms with Gasteiger partial charge in [-0.05, 0) is 42.5 Å². The van der Waals surface area contributed by atoms with E-state index in [2.05, 4.69) is 15.3 Å². The molecule has 0 saturated heterocycles. The van der Waals surface area contributed by atoms with Gasteiger partial charge in [0.25, 0.3) is 5.91 Å². The van der Waals surface area contributed by atoms with Crippen molar-refractivity contribution in [2.75, 3.05) is 5.32 Å². The molecule has 6 nitrogen and oxygen atoms in total. The fourth-order valence-electron chi connectivity index (χ4n) is 2.08. The number of benzene rings is 1. The van der Waals surface area contributed by atoms with Crippen molar-refractivity contribution in [1.82, 2.24) is 9.97 Å². The van der Waals surface area contributed by atoms with Crippen LogP contribution in [-0.4, -0.2) is 21.0 Å². The lowest BCUT2D eigenvalue weighted by Crippen LogP contribution is -2.12. The predicted octanol–water partition coefficient (Wildman–Crippen LogP) is 4.25. The number of alkyl halides is 3. The van der Waals surface area contributed by atoms with Gasteiger partial charge in [-0.1, -0.05) is 0 Å². The molecule has 0 bridgehead atoms. The van der Waals surface area contributed by atoms with Gasteiger partial charge in [0.05, 0.1) is 5.56 Å². The van der Waals surface area contributed by atoms with E-state index >= 15 is 0 Å². The number of aromatic nitrogens is 2. The fraction of sp³-hybridized carbons (Fsp3) is 0.0556. The van der Waals surface area contributed by atoms with Crippen LogP contribution in [0.25, 0.3) is 0 Å². The Labute approximate surface area is 151 Å². The molecule has 2 aromatic heterocycles. The third kappa shape index (κ3) is 4.51. The maximum atomic E-state index is 12.5. The maximum absolute atomic E-state index is 12.5. The summed E-state index contributed by atoms with van der Waals surface area (Å²) >= 11 is 0. The largest absolute Gasteiger partial charge is 0.504 e. The van der Waals surface area contributed by atoms with E-state index in [4.69, 9.17) is 4.74 Å². The summed E-state index contributed by atoms with van der Waals surface area (Å²) < 4.78 is 42.9. The van der Waals surface area contributed by atoms with Crippen molar-refractivity contribution in [3.05, 3.63) is 72.1 Å². The van der Waals surface area contributed by atoms with Gasteiger partial charge in [-0.15, -0.1) is 0 Å². The molecular weight excluding hydrogens is 363 g/mol. The van der Waals surface area contributed by atoms with Crippen molar-refractivity contribution in [2.45, 2.75) is 6.18 Å². The maximum Gasteiger partial charge on any atom is 0.417 e. The van der Waals surface area contributed by atoms with Gasteiger partial charge >= 0.3 is 6.18 Å². The molecule has 0 unspecified atom stereocenters. The summed E-state index contributed by atoms with van der Waals surface area (Å²) in [4.78, 5) is 19.6. The van der Waals surface area contributed by atoms with Gasteiger partial charge < -0.3 is 15.2 Å². The van der Waals surface area contributed by atoms with E-state index in [1.807, 2.05) is 0 Å². The Morgan fingerprint density at radius 1 is 1.04 bits per heavy atom. The Morgan fingerprint density at radius 3 is 2.37 bits per heavy atom. The zero-order valence-electron chi connectivity index (χ0n) is 13.6. The summed E-state index contributed by atoms with van der Waals surface area (Å²) in [5.74, 6) is -0.364. The number of nitrogens with one attached hydrogen (secondary N) is 1. The summed E-state index contributed by atoms with van der Waals surface area (Å²) in [5, 5.41) is 12.1. The van der Waals surface area contributed by atoms with Crippen LogP contribution in [0.1, 0.15) is 15.9 Å². The summed E-state index contributed by atoms with van der Waals surface area (Å²) in [6.07, 6.45) is -2.37. The molecule has 0 saturated carbocycles. The number of hydrogen-bond donors (Lipinski definition) is 2. The van der Waals surface area contributed by atoms with Crippen LogP contribution in [0.5, 0.6) is 17.4 Å². The molecule has 0 aliphatic heterocycles. The first kappa shape index (κ1) is 18.2. The van der Waals surface area contributed by atoms with Crippen LogP contribution in [0.3, 0.4) is 0 Å². The fourth-order valence-corrected chi connectivity index (χ4v) is 2.08. The molecular formula is C18H12F3N3O3. The van der Waals surface area contributed by atoms with Gasteiger partial charge in [0.15, 0.2) is 11.6 Å². The number of rotatable bonds is 4. The van der Waals surface area contributed by atoms with Crippen LogP contribution in [0.4, 0.5) is 19.0 Å². The molecule has 2 heterocycles. The predicted molar refractivity (Wildman–Crippen MR) is 89.6 cm³/mol. The topological polar surface area (TPSA) is 84.3 Å². The highest BCUT2D eigenvalue weighted by Crippen LogP contribution is 2.30. The van der Waals surface area contributed by atoms with Crippen LogP contribution >= 0.6 is 0 Å². The SMILES string of the molecule is O=C(Nc1ncccc1O)c1ccc(Oc2ccc(C(F)(F)F)cn2)cc1. The van der Waals surface area contributed by atoms with E-state index in [0.29, 0.717) is 11.9 Å². The van der Waals surface area contributed by atoms with Crippen LogP contribution in [0, 0.1) is 0 Å². The molecule has 0 spiro atoms. The van der Waals surface area contributed by atoms with Crippen molar-refractivity contribution in [3.8, 4) is 17.4 Å². The van der Waals surface area contributed by atoms with Crippen molar-refractivity contribution < 1.29 is 27.8 Å². The average molecular weight is 375 g/mol. The Kier molecular flexibility index (Phi) is 4.93. The number of ether oxygens (including phenoxy) is 1. The van der Waals surface area contributed by atoms with Crippen molar-refractivity contribution in [2.24, 2.45) is 0 Å². The number of aromatic hydroxyl groups is 1. The van der Waals surface area contributed by atoms with E-state index in [1.165, 1.54) is 42.6 Å². The molecule has 0 atom stereocenters. The van der Waals surface area contributed by atoms with E-state index in [1.54, 1.807) is 0 Å². The third-order valence-corrected chi connectivity index (χ3v) is 3.42. The van der Waals surface area contributed by atoms with Gasteiger partial charge in [0.1, 0.15) is 5.75 Å². The first-order valence-corrected chi connectivity index (χ1v) is 7.59. The molecule has 138 valence electrons. The minimum absolute atomic E-state index is 0.0152. The summed E-state index contributed by atoms with van der Waals surface area (Å²) in [6.45, 7) is 0. The highest BCUT2D eigenvalue weighted by atomic mass is 19.4. The van der Waals surface area contributed by atoms with Gasteiger partial charge in [0.2, 0.25) is 5.88 Å². The number of amides is 1. The number of halogens is 3.